The fraction of sp³-hybridized carbons (Fsp3) is 0.242. The van der Waals surface area contributed by atoms with Gasteiger partial charge in [-0.3, -0.25) is 4.79 Å². The number of ether oxygens (including phenoxy) is 1. The van der Waals surface area contributed by atoms with Crippen molar-refractivity contribution in [1.29, 1.82) is 0 Å². The second-order valence-electron chi connectivity index (χ2n) is 10.3. The van der Waals surface area contributed by atoms with Crippen molar-refractivity contribution in [2.75, 3.05) is 4.90 Å². The monoisotopic (exact) mass is 523 g/mol. The number of hydrogen-bond donors (Lipinski definition) is 0. The van der Waals surface area contributed by atoms with Gasteiger partial charge in [-0.05, 0) is 84.0 Å². The first-order chi connectivity index (χ1) is 18.9. The molecule has 1 heterocycles. The molecule has 198 valence electrons. The molecular formula is C33H32BF2NO2. The van der Waals surface area contributed by atoms with E-state index in [4.69, 9.17) is 4.74 Å². The van der Waals surface area contributed by atoms with E-state index in [1.807, 2.05) is 36.4 Å². The van der Waals surface area contributed by atoms with Gasteiger partial charge < -0.3 is 9.64 Å². The summed E-state index contributed by atoms with van der Waals surface area (Å²) in [6.45, 7) is 2.59. The molecule has 0 bridgehead atoms. The van der Waals surface area contributed by atoms with Crippen LogP contribution in [0.15, 0.2) is 97.1 Å². The van der Waals surface area contributed by atoms with Crippen LogP contribution in [0.2, 0.25) is 0 Å². The van der Waals surface area contributed by atoms with Crippen LogP contribution in [0.4, 0.5) is 14.5 Å². The molecule has 39 heavy (non-hydrogen) atoms. The van der Waals surface area contributed by atoms with Crippen molar-refractivity contribution in [3.63, 3.8) is 0 Å². The molecule has 0 saturated carbocycles. The maximum atomic E-state index is 13.6. The van der Waals surface area contributed by atoms with Crippen molar-refractivity contribution in [2.45, 2.75) is 44.7 Å². The molecule has 1 aliphatic heterocycles. The normalized spacial score (nSPS) is 17.5. The van der Waals surface area contributed by atoms with E-state index < -0.39 is 0 Å². The predicted molar refractivity (Wildman–Crippen MR) is 154 cm³/mol. The molecule has 3 nitrogen and oxygen atoms in total. The molecule has 4 aromatic rings. The molecule has 0 N–H and O–H groups in total. The maximum absolute atomic E-state index is 13.6. The molecule has 3 unspecified atom stereocenters. The number of β-lactam (4-membered cyclic amide) rings is 1. The van der Waals surface area contributed by atoms with Gasteiger partial charge in [0.1, 0.15) is 31.8 Å². The molecule has 3 atom stereocenters. The number of carbonyl (C=O) groups is 1. The van der Waals surface area contributed by atoms with Crippen LogP contribution in [0.1, 0.15) is 54.0 Å². The van der Waals surface area contributed by atoms with E-state index in [1.165, 1.54) is 29.8 Å². The van der Waals surface area contributed by atoms with Crippen molar-refractivity contribution >= 4 is 19.4 Å². The Morgan fingerprint density at radius 2 is 1.51 bits per heavy atom. The van der Waals surface area contributed by atoms with Crippen LogP contribution in [0.5, 0.6) is 5.75 Å². The van der Waals surface area contributed by atoms with E-state index in [2.05, 4.69) is 39.0 Å². The first-order valence-corrected chi connectivity index (χ1v) is 13.6. The molecule has 4 aromatic carbocycles. The van der Waals surface area contributed by atoms with Crippen LogP contribution in [0, 0.1) is 17.6 Å². The molecule has 6 heteroatoms. The summed E-state index contributed by atoms with van der Waals surface area (Å²) in [6.07, 6.45) is 2.48. The van der Waals surface area contributed by atoms with Crippen LogP contribution in [0.25, 0.3) is 0 Å². The van der Waals surface area contributed by atoms with Crippen molar-refractivity contribution in [3.05, 3.63) is 131 Å². The van der Waals surface area contributed by atoms with Gasteiger partial charge in [-0.1, -0.05) is 67.3 Å². The fourth-order valence-electron chi connectivity index (χ4n) is 5.36. The van der Waals surface area contributed by atoms with E-state index in [1.54, 1.807) is 17.0 Å². The van der Waals surface area contributed by atoms with Gasteiger partial charge in [-0.25, -0.2) is 8.78 Å². The van der Waals surface area contributed by atoms with E-state index in [-0.39, 0.29) is 35.4 Å². The molecule has 0 spiro atoms. The second kappa shape index (κ2) is 11.9. The lowest BCUT2D eigenvalue weighted by atomic mass is 9.77. The molecule has 0 aliphatic carbocycles. The van der Waals surface area contributed by atoms with Gasteiger partial charge in [-0.2, -0.15) is 0 Å². The lowest BCUT2D eigenvalue weighted by Crippen LogP contribution is -2.55. The van der Waals surface area contributed by atoms with Crippen LogP contribution >= 0.6 is 0 Å². The number of hydrogen-bond acceptors (Lipinski definition) is 2. The third-order valence-corrected chi connectivity index (χ3v) is 7.70. The van der Waals surface area contributed by atoms with Crippen molar-refractivity contribution in [2.24, 2.45) is 5.92 Å². The quantitative estimate of drug-likeness (QED) is 0.166. The Bertz CT molecular complexity index is 1410. The van der Waals surface area contributed by atoms with Crippen LogP contribution in [0.3, 0.4) is 0 Å². The van der Waals surface area contributed by atoms with Crippen molar-refractivity contribution < 1.29 is 18.3 Å². The van der Waals surface area contributed by atoms with Gasteiger partial charge >= 0.3 is 0 Å². The Labute approximate surface area is 229 Å². The average molecular weight is 523 g/mol. The summed E-state index contributed by atoms with van der Waals surface area (Å²) in [6, 6.07) is 28.8. The van der Waals surface area contributed by atoms with Gasteiger partial charge in [0.25, 0.3) is 0 Å². The minimum absolute atomic E-state index is 0.0362. The summed E-state index contributed by atoms with van der Waals surface area (Å²) in [5.41, 5.74) is 5.16. The number of benzene rings is 4. The SMILES string of the molecule is BCc1cccc(COc2ccc(C3C(CCC(C)c4ccc(F)cc4)C(=O)N3c3ccc(F)cc3)cc2)c1. The second-order valence-corrected chi connectivity index (χ2v) is 10.3. The molecule has 0 aromatic heterocycles. The van der Waals surface area contributed by atoms with Crippen molar-refractivity contribution in [3.8, 4) is 5.75 Å². The first-order valence-electron chi connectivity index (χ1n) is 13.6. The summed E-state index contributed by atoms with van der Waals surface area (Å²) in [5, 5.41) is 0. The lowest BCUT2D eigenvalue weighted by molar-refractivity contribution is -0.130. The van der Waals surface area contributed by atoms with Crippen LogP contribution in [-0.4, -0.2) is 13.8 Å². The largest absolute Gasteiger partial charge is 0.489 e. The zero-order valence-corrected chi connectivity index (χ0v) is 22.3. The summed E-state index contributed by atoms with van der Waals surface area (Å²) < 4.78 is 33.0. The first kappa shape index (κ1) is 26.7. The Balaban J connectivity index is 1.31. The van der Waals surface area contributed by atoms with Crippen LogP contribution < -0.4 is 9.64 Å². The number of rotatable bonds is 10. The lowest BCUT2D eigenvalue weighted by Gasteiger charge is -2.48. The number of halogens is 2. The van der Waals surface area contributed by atoms with E-state index in [0.29, 0.717) is 18.7 Å². The molecule has 0 radical (unpaired) electrons. The Hall–Kier alpha value is -3.93. The highest BCUT2D eigenvalue weighted by atomic mass is 19.1. The van der Waals surface area contributed by atoms with E-state index >= 15 is 0 Å². The van der Waals surface area contributed by atoms with Gasteiger partial charge in [0.2, 0.25) is 5.91 Å². The predicted octanol–water partition coefficient (Wildman–Crippen LogP) is 6.96. The molecule has 5 rings (SSSR count). The third kappa shape index (κ3) is 6.06. The third-order valence-electron chi connectivity index (χ3n) is 7.70. The zero-order chi connectivity index (χ0) is 27.4. The average Bonchev–Trinajstić information content (AvgIpc) is 2.96. The van der Waals surface area contributed by atoms with Gasteiger partial charge in [0, 0.05) is 5.69 Å². The Morgan fingerprint density at radius 1 is 0.872 bits per heavy atom. The number of carbonyl (C=O) groups excluding carboxylic acids is 1. The highest BCUT2D eigenvalue weighted by Gasteiger charge is 2.48. The minimum atomic E-state index is -0.334. The number of nitrogens with zero attached hydrogens (tertiary/aromatic N) is 1. The number of amides is 1. The summed E-state index contributed by atoms with van der Waals surface area (Å²) in [7, 11) is 2.13. The Morgan fingerprint density at radius 3 is 2.18 bits per heavy atom. The standard InChI is InChI=1S/C33H32BF2NO2/c1-22(25-6-10-27(35)11-7-25)5-18-31-32(37(33(31)38)29-14-12-28(36)13-15-29)26-8-16-30(17-9-26)39-21-24-4-2-3-23(19-24)20-34/h2-4,6-17,19,22,31-32H,5,18,20-21,34H2,1H3. The van der Waals surface area contributed by atoms with Gasteiger partial charge in [-0.15, -0.1) is 0 Å². The van der Waals surface area contributed by atoms with Crippen LogP contribution in [-0.2, 0) is 17.7 Å². The molecule has 1 saturated heterocycles. The highest BCUT2D eigenvalue weighted by molar-refractivity contribution is 6.08. The summed E-state index contributed by atoms with van der Waals surface area (Å²) in [5.74, 6) is 0.216. The summed E-state index contributed by atoms with van der Waals surface area (Å²) in [4.78, 5) is 15.1. The minimum Gasteiger partial charge on any atom is -0.489 e. The highest BCUT2D eigenvalue weighted by Crippen LogP contribution is 2.46. The topological polar surface area (TPSA) is 29.5 Å². The van der Waals surface area contributed by atoms with Gasteiger partial charge in [0.05, 0.1) is 12.0 Å². The fourth-order valence-corrected chi connectivity index (χ4v) is 5.36. The Kier molecular flexibility index (Phi) is 8.11. The maximum Gasteiger partial charge on any atom is 0.233 e. The molecular weight excluding hydrogens is 491 g/mol. The smallest absolute Gasteiger partial charge is 0.233 e. The summed E-state index contributed by atoms with van der Waals surface area (Å²) >= 11 is 0. The zero-order valence-electron chi connectivity index (χ0n) is 22.3. The molecule has 1 amide bonds. The molecule has 1 fully saturated rings. The van der Waals surface area contributed by atoms with E-state index in [0.717, 1.165) is 35.2 Å². The molecule has 1 aliphatic rings. The van der Waals surface area contributed by atoms with E-state index in [9.17, 15) is 13.6 Å². The van der Waals surface area contributed by atoms with Gasteiger partial charge in [0.15, 0.2) is 0 Å². The van der Waals surface area contributed by atoms with Crippen molar-refractivity contribution in [1.82, 2.24) is 0 Å². The number of anilines is 1.